The van der Waals surface area contributed by atoms with Gasteiger partial charge in [-0.15, -0.1) is 0 Å². The predicted molar refractivity (Wildman–Crippen MR) is 141 cm³/mol. The van der Waals surface area contributed by atoms with Crippen LogP contribution in [0, 0.1) is 0 Å². The third-order valence-electron chi connectivity index (χ3n) is 6.05. The first kappa shape index (κ1) is 21.7. The van der Waals surface area contributed by atoms with Crippen molar-refractivity contribution in [3.8, 4) is 5.75 Å². The van der Waals surface area contributed by atoms with Gasteiger partial charge in [0.2, 0.25) is 0 Å². The minimum absolute atomic E-state index is 0.147. The van der Waals surface area contributed by atoms with Crippen molar-refractivity contribution in [2.24, 2.45) is 0 Å². The number of halogens is 1. The van der Waals surface area contributed by atoms with Crippen molar-refractivity contribution in [2.45, 2.75) is 5.66 Å². The second kappa shape index (κ2) is 9.02. The van der Waals surface area contributed by atoms with Crippen molar-refractivity contribution < 1.29 is 9.67 Å². The van der Waals surface area contributed by atoms with Gasteiger partial charge in [0.25, 0.3) is 0 Å². The second-order valence-corrected chi connectivity index (χ2v) is 11.8. The number of aromatic hydroxyl groups is 1. The van der Waals surface area contributed by atoms with Crippen molar-refractivity contribution in [3.63, 3.8) is 0 Å². The topological polar surface area (TPSA) is 37.3 Å². The molecule has 5 rings (SSSR count). The lowest BCUT2D eigenvalue weighted by molar-refractivity contribution is 0.469. The van der Waals surface area contributed by atoms with Crippen LogP contribution in [0.1, 0.15) is 16.8 Å². The van der Waals surface area contributed by atoms with Gasteiger partial charge in [-0.1, -0.05) is 119 Å². The fourth-order valence-electron chi connectivity index (χ4n) is 4.52. The van der Waals surface area contributed by atoms with E-state index in [1.165, 1.54) is 0 Å². The minimum Gasteiger partial charge on any atom is -0.508 e. The van der Waals surface area contributed by atoms with Crippen LogP contribution in [0.25, 0.3) is 10.8 Å². The highest BCUT2D eigenvalue weighted by molar-refractivity contribution is 9.10. The third-order valence-corrected chi connectivity index (χ3v) is 9.99. The van der Waals surface area contributed by atoms with Gasteiger partial charge < -0.3 is 9.67 Å². The summed E-state index contributed by atoms with van der Waals surface area (Å²) in [7, 11) is -3.30. The summed E-state index contributed by atoms with van der Waals surface area (Å²) < 4.78 is 16.4. The zero-order valence-electron chi connectivity index (χ0n) is 17.8. The van der Waals surface area contributed by atoms with Crippen LogP contribution in [0.3, 0.4) is 0 Å². The summed E-state index contributed by atoms with van der Waals surface area (Å²) in [6.45, 7) is 0. The number of phenols is 1. The number of benzene rings is 5. The van der Waals surface area contributed by atoms with E-state index in [4.69, 9.17) is 0 Å². The maximum atomic E-state index is 15.5. The molecule has 1 atom stereocenters. The van der Waals surface area contributed by atoms with Crippen LogP contribution in [-0.2, 0) is 4.57 Å². The smallest absolute Gasteiger partial charge is 0.154 e. The Morgan fingerprint density at radius 1 is 0.636 bits per heavy atom. The quantitative estimate of drug-likeness (QED) is 0.249. The predicted octanol–water partition coefficient (Wildman–Crippen LogP) is 7.41. The summed E-state index contributed by atoms with van der Waals surface area (Å²) in [6, 6.07) is 38.8. The number of rotatable bonds is 5. The molecule has 0 aliphatic carbocycles. The minimum atomic E-state index is -3.30. The fourth-order valence-corrected chi connectivity index (χ4v) is 8.14. The van der Waals surface area contributed by atoms with Crippen LogP contribution < -0.4 is 10.6 Å². The van der Waals surface area contributed by atoms with E-state index in [2.05, 4.69) is 15.9 Å². The highest BCUT2D eigenvalue weighted by atomic mass is 79.9. The van der Waals surface area contributed by atoms with Gasteiger partial charge in [-0.05, 0) is 34.5 Å². The number of phenolic OH excluding ortho intramolecular Hbond substituents is 1. The first-order valence-electron chi connectivity index (χ1n) is 10.8. The van der Waals surface area contributed by atoms with Gasteiger partial charge in [-0.2, -0.15) is 0 Å². The molecule has 0 aromatic heterocycles. The Hall–Kier alpha value is -3.13. The first-order chi connectivity index (χ1) is 16.1. The highest BCUT2D eigenvalue weighted by Crippen LogP contribution is 2.62. The van der Waals surface area contributed by atoms with Gasteiger partial charge >= 0.3 is 0 Å². The normalized spacial score (nSPS) is 12.5. The molecule has 5 aromatic carbocycles. The molecule has 0 aliphatic rings. The molecule has 162 valence electrons. The van der Waals surface area contributed by atoms with Gasteiger partial charge in [-0.25, -0.2) is 0 Å². The first-order valence-corrected chi connectivity index (χ1v) is 13.3. The summed E-state index contributed by atoms with van der Waals surface area (Å²) in [5.74, 6) is 0.147. The molecule has 33 heavy (non-hydrogen) atoms. The maximum Gasteiger partial charge on any atom is 0.154 e. The van der Waals surface area contributed by atoms with E-state index in [0.29, 0.717) is 5.56 Å². The third kappa shape index (κ3) is 3.93. The van der Waals surface area contributed by atoms with E-state index < -0.39 is 12.8 Å². The SMILES string of the molecule is O=P(c1ccccc1)(c1ccccc1)C(c1ccc(Br)cc1)c1c(O)ccc2ccccc12. The molecule has 2 nitrogen and oxygen atoms in total. The molecule has 1 unspecified atom stereocenters. The lowest BCUT2D eigenvalue weighted by atomic mass is 9.97. The van der Waals surface area contributed by atoms with Gasteiger partial charge in [-0.3, -0.25) is 0 Å². The van der Waals surface area contributed by atoms with Crippen LogP contribution in [0.5, 0.6) is 5.75 Å². The number of fused-ring (bicyclic) bond motifs is 1. The molecule has 4 heteroatoms. The van der Waals surface area contributed by atoms with Gasteiger partial charge in [0.05, 0.1) is 5.66 Å². The van der Waals surface area contributed by atoms with E-state index in [-0.39, 0.29) is 5.75 Å². The Bertz CT molecular complexity index is 1400. The Labute approximate surface area is 202 Å². The van der Waals surface area contributed by atoms with Gasteiger partial charge in [0.1, 0.15) is 5.75 Å². The zero-order chi connectivity index (χ0) is 22.8. The number of hydrogen-bond donors (Lipinski definition) is 1. The van der Waals surface area contributed by atoms with Crippen LogP contribution in [-0.4, -0.2) is 5.11 Å². The molecule has 0 amide bonds. The lowest BCUT2D eigenvalue weighted by Gasteiger charge is -2.31. The standard InChI is InChI=1S/C29H22BrO2P/c30-23-18-15-22(16-19-23)29(28-26-14-8-7-9-21(26)17-20-27(28)31)33(32,24-10-3-1-4-11-24)25-12-5-2-6-13-25/h1-20,29,31H. The van der Waals surface area contributed by atoms with E-state index in [1.54, 1.807) is 6.07 Å². The molecule has 0 spiro atoms. The Morgan fingerprint density at radius 3 is 1.79 bits per heavy atom. The summed E-state index contributed by atoms with van der Waals surface area (Å²) in [6.07, 6.45) is 0. The van der Waals surface area contributed by atoms with Crippen LogP contribution in [0.15, 0.2) is 126 Å². The summed E-state index contributed by atoms with van der Waals surface area (Å²) >= 11 is 3.53. The Balaban J connectivity index is 1.91. The molecule has 0 saturated heterocycles. The van der Waals surface area contributed by atoms with Crippen LogP contribution in [0.2, 0.25) is 0 Å². The Kier molecular flexibility index (Phi) is 5.93. The lowest BCUT2D eigenvalue weighted by Crippen LogP contribution is -2.22. The van der Waals surface area contributed by atoms with Crippen molar-refractivity contribution in [1.29, 1.82) is 0 Å². The highest BCUT2D eigenvalue weighted by Gasteiger charge is 2.41. The van der Waals surface area contributed by atoms with Gasteiger partial charge in [0.15, 0.2) is 7.14 Å². The summed E-state index contributed by atoms with van der Waals surface area (Å²) in [5, 5.41) is 14.6. The molecule has 0 radical (unpaired) electrons. The molecular formula is C29H22BrO2P. The molecule has 0 heterocycles. The van der Waals surface area contributed by atoms with E-state index in [1.807, 2.05) is 115 Å². The average molecular weight is 513 g/mol. The van der Waals surface area contributed by atoms with Crippen molar-refractivity contribution in [3.05, 3.63) is 137 Å². The van der Waals surface area contributed by atoms with Crippen LogP contribution >= 0.6 is 23.1 Å². The van der Waals surface area contributed by atoms with Crippen molar-refractivity contribution in [1.82, 2.24) is 0 Å². The Morgan fingerprint density at radius 2 is 1.18 bits per heavy atom. The average Bonchev–Trinajstić information content (AvgIpc) is 2.87. The maximum absolute atomic E-state index is 15.5. The van der Waals surface area contributed by atoms with Crippen molar-refractivity contribution in [2.75, 3.05) is 0 Å². The molecule has 0 saturated carbocycles. The second-order valence-electron chi connectivity index (χ2n) is 8.00. The van der Waals surface area contributed by atoms with E-state index >= 15 is 4.57 Å². The molecule has 5 aromatic rings. The molecular weight excluding hydrogens is 491 g/mol. The largest absolute Gasteiger partial charge is 0.508 e. The summed E-state index contributed by atoms with van der Waals surface area (Å²) in [4.78, 5) is 0. The monoisotopic (exact) mass is 512 g/mol. The van der Waals surface area contributed by atoms with E-state index in [9.17, 15) is 5.11 Å². The summed E-state index contributed by atoms with van der Waals surface area (Å²) in [5.41, 5.74) is 1.01. The van der Waals surface area contributed by atoms with Gasteiger partial charge in [0, 0.05) is 20.6 Å². The molecule has 0 bridgehead atoms. The van der Waals surface area contributed by atoms with Crippen molar-refractivity contribution >= 4 is 44.5 Å². The van der Waals surface area contributed by atoms with E-state index in [0.717, 1.165) is 31.4 Å². The number of hydrogen-bond acceptors (Lipinski definition) is 2. The molecule has 0 fully saturated rings. The molecule has 0 aliphatic heterocycles. The fraction of sp³-hybridized carbons (Fsp3) is 0.0345. The van der Waals surface area contributed by atoms with Crippen LogP contribution in [0.4, 0.5) is 0 Å². The zero-order valence-corrected chi connectivity index (χ0v) is 20.3. The molecule has 1 N–H and O–H groups in total.